The molecular weight excluding hydrogens is 250 g/mol. The molecule has 1 atom stereocenters. The van der Waals surface area contributed by atoms with Crippen LogP contribution in [0.25, 0.3) is 22.4 Å². The standard InChI is InChI=1S/C16H17N3O/c1-10-2-4-11(5-3-10)16-18-14-7-6-12(13(17)9-20)8-15(14)19-16/h2-8,13,20H,9,17H2,1H3,(H,18,19). The first-order valence-electron chi connectivity index (χ1n) is 6.60. The highest BCUT2D eigenvalue weighted by molar-refractivity contribution is 5.80. The smallest absolute Gasteiger partial charge is 0.138 e. The van der Waals surface area contributed by atoms with Gasteiger partial charge in [-0.1, -0.05) is 35.9 Å². The van der Waals surface area contributed by atoms with Crippen molar-refractivity contribution in [3.8, 4) is 11.4 Å². The van der Waals surface area contributed by atoms with Gasteiger partial charge in [0.05, 0.1) is 23.7 Å². The van der Waals surface area contributed by atoms with Crippen LogP contribution in [0.2, 0.25) is 0 Å². The van der Waals surface area contributed by atoms with Crippen LogP contribution >= 0.6 is 0 Å². The summed E-state index contributed by atoms with van der Waals surface area (Å²) in [4.78, 5) is 7.88. The molecule has 4 nitrogen and oxygen atoms in total. The number of hydrogen-bond acceptors (Lipinski definition) is 3. The fraction of sp³-hybridized carbons (Fsp3) is 0.188. The van der Waals surface area contributed by atoms with Crippen LogP contribution in [0.3, 0.4) is 0 Å². The highest BCUT2D eigenvalue weighted by Gasteiger charge is 2.09. The fourth-order valence-corrected chi connectivity index (χ4v) is 2.21. The quantitative estimate of drug-likeness (QED) is 0.682. The van der Waals surface area contributed by atoms with Crippen molar-refractivity contribution in [2.75, 3.05) is 6.61 Å². The van der Waals surface area contributed by atoms with Gasteiger partial charge in [-0.2, -0.15) is 0 Å². The zero-order valence-corrected chi connectivity index (χ0v) is 11.3. The Morgan fingerprint density at radius 2 is 1.95 bits per heavy atom. The first kappa shape index (κ1) is 12.8. The topological polar surface area (TPSA) is 74.9 Å². The van der Waals surface area contributed by atoms with E-state index in [0.29, 0.717) is 0 Å². The van der Waals surface area contributed by atoms with Crippen molar-refractivity contribution in [1.82, 2.24) is 9.97 Å². The summed E-state index contributed by atoms with van der Waals surface area (Å²) in [7, 11) is 0. The maximum atomic E-state index is 9.12. The third-order valence-corrected chi connectivity index (χ3v) is 3.46. The SMILES string of the molecule is Cc1ccc(-c2nc3ccc(C(N)CO)cc3[nH]2)cc1. The van der Waals surface area contributed by atoms with Crippen LogP contribution in [0.4, 0.5) is 0 Å². The number of aromatic amines is 1. The van der Waals surface area contributed by atoms with Gasteiger partial charge in [0.1, 0.15) is 5.82 Å². The summed E-state index contributed by atoms with van der Waals surface area (Å²) >= 11 is 0. The molecule has 102 valence electrons. The molecule has 4 heteroatoms. The zero-order chi connectivity index (χ0) is 14.1. The molecule has 0 bridgehead atoms. The van der Waals surface area contributed by atoms with E-state index in [1.54, 1.807) is 0 Å². The Bertz CT molecular complexity index is 731. The Balaban J connectivity index is 2.04. The third-order valence-electron chi connectivity index (χ3n) is 3.46. The van der Waals surface area contributed by atoms with Gasteiger partial charge in [0.2, 0.25) is 0 Å². The number of benzene rings is 2. The fourth-order valence-electron chi connectivity index (χ4n) is 2.21. The van der Waals surface area contributed by atoms with Gasteiger partial charge in [0.15, 0.2) is 0 Å². The van der Waals surface area contributed by atoms with E-state index in [-0.39, 0.29) is 12.6 Å². The molecule has 0 fully saturated rings. The van der Waals surface area contributed by atoms with Gasteiger partial charge in [-0.25, -0.2) is 4.98 Å². The summed E-state index contributed by atoms with van der Waals surface area (Å²) in [6, 6.07) is 13.6. The van der Waals surface area contributed by atoms with Gasteiger partial charge in [-0.15, -0.1) is 0 Å². The maximum Gasteiger partial charge on any atom is 0.138 e. The average molecular weight is 267 g/mol. The largest absolute Gasteiger partial charge is 0.394 e. The normalized spacial score (nSPS) is 12.8. The molecule has 0 spiro atoms. The third kappa shape index (κ3) is 2.31. The van der Waals surface area contributed by atoms with Crippen LogP contribution in [-0.4, -0.2) is 21.7 Å². The molecular formula is C16H17N3O. The average Bonchev–Trinajstić information content (AvgIpc) is 2.90. The van der Waals surface area contributed by atoms with E-state index < -0.39 is 0 Å². The Morgan fingerprint density at radius 3 is 2.65 bits per heavy atom. The number of aromatic nitrogens is 2. The summed E-state index contributed by atoms with van der Waals surface area (Å²) in [6.45, 7) is 2.00. The molecule has 4 N–H and O–H groups in total. The van der Waals surface area contributed by atoms with Gasteiger partial charge >= 0.3 is 0 Å². The van der Waals surface area contributed by atoms with Gasteiger partial charge in [-0.3, -0.25) is 0 Å². The second-order valence-corrected chi connectivity index (χ2v) is 5.02. The molecule has 0 radical (unpaired) electrons. The van der Waals surface area contributed by atoms with Crippen molar-refractivity contribution in [3.63, 3.8) is 0 Å². The van der Waals surface area contributed by atoms with Crippen molar-refractivity contribution in [3.05, 3.63) is 53.6 Å². The Labute approximate surface area is 117 Å². The van der Waals surface area contributed by atoms with Crippen molar-refractivity contribution < 1.29 is 5.11 Å². The van der Waals surface area contributed by atoms with E-state index >= 15 is 0 Å². The second-order valence-electron chi connectivity index (χ2n) is 5.02. The minimum atomic E-state index is -0.356. The number of H-pyrrole nitrogens is 1. The summed E-state index contributed by atoms with van der Waals surface area (Å²) in [6.07, 6.45) is 0. The van der Waals surface area contributed by atoms with E-state index in [1.165, 1.54) is 5.56 Å². The van der Waals surface area contributed by atoms with Crippen LogP contribution in [0, 0.1) is 6.92 Å². The number of nitrogens with zero attached hydrogens (tertiary/aromatic N) is 1. The summed E-state index contributed by atoms with van der Waals surface area (Å²) in [5, 5.41) is 9.12. The molecule has 0 aliphatic carbocycles. The molecule has 20 heavy (non-hydrogen) atoms. The number of imidazole rings is 1. The number of nitrogens with one attached hydrogen (secondary N) is 1. The minimum absolute atomic E-state index is 0.0650. The molecule has 1 aromatic heterocycles. The first-order chi connectivity index (χ1) is 9.67. The van der Waals surface area contributed by atoms with Crippen LogP contribution in [-0.2, 0) is 0 Å². The number of aryl methyl sites for hydroxylation is 1. The lowest BCUT2D eigenvalue weighted by Crippen LogP contribution is -2.14. The van der Waals surface area contributed by atoms with E-state index in [0.717, 1.165) is 28.0 Å². The maximum absolute atomic E-state index is 9.12. The highest BCUT2D eigenvalue weighted by atomic mass is 16.3. The lowest BCUT2D eigenvalue weighted by atomic mass is 10.1. The molecule has 0 amide bonds. The zero-order valence-electron chi connectivity index (χ0n) is 11.3. The second kappa shape index (κ2) is 5.07. The Hall–Kier alpha value is -2.17. The molecule has 0 aliphatic heterocycles. The predicted octanol–water partition coefficient (Wildman–Crippen LogP) is 2.53. The number of rotatable bonds is 3. The van der Waals surface area contributed by atoms with Crippen molar-refractivity contribution in [1.29, 1.82) is 0 Å². The number of aliphatic hydroxyl groups excluding tert-OH is 1. The highest BCUT2D eigenvalue weighted by Crippen LogP contribution is 2.23. The van der Waals surface area contributed by atoms with Gasteiger partial charge in [0.25, 0.3) is 0 Å². The van der Waals surface area contributed by atoms with E-state index in [1.807, 2.05) is 30.3 Å². The summed E-state index contributed by atoms with van der Waals surface area (Å²) in [5.74, 6) is 0.842. The summed E-state index contributed by atoms with van der Waals surface area (Å²) < 4.78 is 0. The monoisotopic (exact) mass is 267 g/mol. The number of hydrogen-bond donors (Lipinski definition) is 3. The summed E-state index contributed by atoms with van der Waals surface area (Å²) in [5.41, 5.74) is 10.8. The predicted molar refractivity (Wildman–Crippen MR) is 80.3 cm³/mol. The van der Waals surface area contributed by atoms with Gasteiger partial charge in [-0.05, 0) is 24.6 Å². The number of nitrogens with two attached hydrogens (primary N) is 1. The van der Waals surface area contributed by atoms with Crippen LogP contribution in [0.15, 0.2) is 42.5 Å². The molecule has 1 heterocycles. The Kier molecular flexibility index (Phi) is 3.26. The number of fused-ring (bicyclic) bond motifs is 1. The first-order valence-corrected chi connectivity index (χ1v) is 6.60. The number of aliphatic hydroxyl groups is 1. The van der Waals surface area contributed by atoms with Crippen molar-refractivity contribution >= 4 is 11.0 Å². The van der Waals surface area contributed by atoms with Gasteiger partial charge in [0, 0.05) is 5.56 Å². The minimum Gasteiger partial charge on any atom is -0.394 e. The lowest BCUT2D eigenvalue weighted by molar-refractivity contribution is 0.268. The van der Waals surface area contributed by atoms with Crippen molar-refractivity contribution in [2.45, 2.75) is 13.0 Å². The molecule has 2 aromatic carbocycles. The van der Waals surface area contributed by atoms with Crippen molar-refractivity contribution in [2.24, 2.45) is 5.73 Å². The van der Waals surface area contributed by atoms with Crippen LogP contribution in [0.5, 0.6) is 0 Å². The van der Waals surface area contributed by atoms with E-state index in [4.69, 9.17) is 10.8 Å². The molecule has 0 saturated heterocycles. The molecule has 3 rings (SSSR count). The Morgan fingerprint density at radius 1 is 1.20 bits per heavy atom. The van der Waals surface area contributed by atoms with Gasteiger partial charge < -0.3 is 15.8 Å². The molecule has 3 aromatic rings. The van der Waals surface area contributed by atoms with Crippen LogP contribution in [0.1, 0.15) is 17.2 Å². The molecule has 0 saturated carbocycles. The van der Waals surface area contributed by atoms with Crippen LogP contribution < -0.4 is 5.73 Å². The molecule has 0 aliphatic rings. The molecule has 1 unspecified atom stereocenters. The van der Waals surface area contributed by atoms with E-state index in [2.05, 4.69) is 29.0 Å². The van der Waals surface area contributed by atoms with E-state index in [9.17, 15) is 0 Å². The lowest BCUT2D eigenvalue weighted by Gasteiger charge is -2.07.